The first-order valence-electron chi connectivity index (χ1n) is 11.1. The summed E-state index contributed by atoms with van der Waals surface area (Å²) in [4.78, 5) is 49.7. The quantitative estimate of drug-likeness (QED) is 0.246. The fraction of sp³-hybridized carbons (Fsp3) is 0.417. The zero-order valence-electron chi connectivity index (χ0n) is 19.1. The molecule has 2 aromatic rings. The van der Waals surface area contributed by atoms with Crippen molar-refractivity contribution in [2.75, 3.05) is 17.7 Å². The maximum Gasteiger partial charge on any atom is 0.333 e. The lowest BCUT2D eigenvalue weighted by molar-refractivity contribution is -0.143. The van der Waals surface area contributed by atoms with Crippen LogP contribution in [0.5, 0.6) is 0 Å². The molecule has 1 aromatic carbocycles. The number of terminal acetylenes is 1. The van der Waals surface area contributed by atoms with Crippen molar-refractivity contribution in [1.29, 1.82) is 0 Å². The molecule has 9 nitrogen and oxygen atoms in total. The lowest BCUT2D eigenvalue weighted by Gasteiger charge is -2.16. The Morgan fingerprint density at radius 3 is 2.56 bits per heavy atom. The molecule has 10 heteroatoms. The number of nitrogen functional groups attached to an aromatic ring is 1. The lowest BCUT2D eigenvalue weighted by Crippen LogP contribution is -2.42. The second-order valence-electron chi connectivity index (χ2n) is 7.55. The number of ether oxygens (including phenoxy) is 1. The van der Waals surface area contributed by atoms with Gasteiger partial charge in [0.25, 0.3) is 5.56 Å². The Morgan fingerprint density at radius 1 is 1.15 bits per heavy atom. The molecule has 0 aliphatic rings. The number of rotatable bonds is 12. The van der Waals surface area contributed by atoms with Crippen LogP contribution in [0.2, 0.25) is 0 Å². The van der Waals surface area contributed by atoms with Crippen LogP contribution in [0.25, 0.3) is 0 Å². The van der Waals surface area contributed by atoms with E-state index in [-0.39, 0.29) is 43.4 Å². The summed E-state index contributed by atoms with van der Waals surface area (Å²) in [5.74, 6) is 1.48. The van der Waals surface area contributed by atoms with E-state index in [1.54, 1.807) is 6.92 Å². The SMILES string of the molecule is C#CCn1c(=O)c(NC(=O)CCc2ccccc2Br)c(N)n(CCCCCC(=O)OCC)c1=O. The average molecular weight is 533 g/mol. The van der Waals surface area contributed by atoms with Gasteiger partial charge in [-0.2, -0.15) is 0 Å². The van der Waals surface area contributed by atoms with Crippen molar-refractivity contribution in [1.82, 2.24) is 9.13 Å². The molecular formula is C24H29BrN4O5. The number of benzene rings is 1. The van der Waals surface area contributed by atoms with Crippen LogP contribution in [0.15, 0.2) is 38.3 Å². The first kappa shape index (κ1) is 26.9. The molecule has 0 radical (unpaired) electrons. The smallest absolute Gasteiger partial charge is 0.333 e. The molecule has 1 amide bonds. The van der Waals surface area contributed by atoms with Crippen LogP contribution in [0.3, 0.4) is 0 Å². The zero-order valence-corrected chi connectivity index (χ0v) is 20.7. The molecule has 0 saturated carbocycles. The minimum atomic E-state index is -0.742. The van der Waals surface area contributed by atoms with Crippen molar-refractivity contribution in [3.8, 4) is 12.3 Å². The fourth-order valence-electron chi connectivity index (χ4n) is 3.38. The summed E-state index contributed by atoms with van der Waals surface area (Å²) in [6.07, 6.45) is 7.96. The van der Waals surface area contributed by atoms with Gasteiger partial charge in [0.2, 0.25) is 5.91 Å². The van der Waals surface area contributed by atoms with E-state index in [4.69, 9.17) is 16.9 Å². The summed E-state index contributed by atoms with van der Waals surface area (Å²) in [7, 11) is 0. The molecule has 0 aliphatic heterocycles. The van der Waals surface area contributed by atoms with Crippen molar-refractivity contribution in [3.63, 3.8) is 0 Å². The zero-order chi connectivity index (χ0) is 25.1. The number of anilines is 2. The Bertz CT molecular complexity index is 1180. The highest BCUT2D eigenvalue weighted by Crippen LogP contribution is 2.18. The number of hydrogen-bond acceptors (Lipinski definition) is 6. The van der Waals surface area contributed by atoms with Crippen LogP contribution in [-0.2, 0) is 33.8 Å². The van der Waals surface area contributed by atoms with Crippen LogP contribution in [0, 0.1) is 12.3 Å². The molecule has 0 saturated heterocycles. The standard InChI is InChI=1S/C24H29BrN4O5/c1-3-15-29-23(32)21(27-19(30)14-13-17-10-7-8-11-18(17)25)22(26)28(24(29)33)16-9-5-6-12-20(31)34-4-2/h1,7-8,10-11H,4-6,9,12-16,26H2,2H3,(H,27,30). The summed E-state index contributed by atoms with van der Waals surface area (Å²) in [5.41, 5.74) is 5.53. The van der Waals surface area contributed by atoms with Gasteiger partial charge in [0.05, 0.1) is 13.2 Å². The molecule has 0 aliphatic carbocycles. The van der Waals surface area contributed by atoms with Gasteiger partial charge >= 0.3 is 11.7 Å². The summed E-state index contributed by atoms with van der Waals surface area (Å²) in [6, 6.07) is 7.53. The number of esters is 1. The van der Waals surface area contributed by atoms with Gasteiger partial charge < -0.3 is 15.8 Å². The third-order valence-corrected chi connectivity index (χ3v) is 5.90. The summed E-state index contributed by atoms with van der Waals surface area (Å²) in [6.45, 7) is 2.03. The predicted molar refractivity (Wildman–Crippen MR) is 134 cm³/mol. The van der Waals surface area contributed by atoms with Crippen LogP contribution >= 0.6 is 15.9 Å². The lowest BCUT2D eigenvalue weighted by atomic mass is 10.1. The second kappa shape index (κ2) is 13.4. The number of nitrogens with zero attached hydrogens (tertiary/aromatic N) is 2. The number of amides is 1. The molecule has 3 N–H and O–H groups in total. The van der Waals surface area contributed by atoms with Gasteiger partial charge in [0, 0.05) is 23.9 Å². The molecular weight excluding hydrogens is 504 g/mol. The first-order chi connectivity index (χ1) is 16.3. The number of carbonyl (C=O) groups is 2. The number of nitrogens with two attached hydrogens (primary N) is 1. The first-order valence-corrected chi connectivity index (χ1v) is 11.8. The highest BCUT2D eigenvalue weighted by Gasteiger charge is 2.19. The predicted octanol–water partition coefficient (Wildman–Crippen LogP) is 2.68. The minimum Gasteiger partial charge on any atom is -0.466 e. The average Bonchev–Trinajstić information content (AvgIpc) is 2.81. The third-order valence-electron chi connectivity index (χ3n) is 5.13. The molecule has 0 atom stereocenters. The fourth-order valence-corrected chi connectivity index (χ4v) is 3.86. The van der Waals surface area contributed by atoms with E-state index in [0.717, 1.165) is 14.6 Å². The number of carbonyl (C=O) groups excluding carboxylic acids is 2. The topological polar surface area (TPSA) is 125 Å². The molecule has 0 spiro atoms. The van der Waals surface area contributed by atoms with Gasteiger partial charge in [-0.25, -0.2) is 9.36 Å². The van der Waals surface area contributed by atoms with Gasteiger partial charge in [0.15, 0.2) is 0 Å². The van der Waals surface area contributed by atoms with Crippen molar-refractivity contribution >= 4 is 39.3 Å². The number of unbranched alkanes of at least 4 members (excludes halogenated alkanes) is 2. The highest BCUT2D eigenvalue weighted by atomic mass is 79.9. The Morgan fingerprint density at radius 2 is 1.88 bits per heavy atom. The molecule has 0 unspecified atom stereocenters. The number of aromatic nitrogens is 2. The van der Waals surface area contributed by atoms with Crippen molar-refractivity contribution in [3.05, 3.63) is 55.1 Å². The minimum absolute atomic E-state index is 0.115. The van der Waals surface area contributed by atoms with Gasteiger partial charge in [0.1, 0.15) is 11.5 Å². The van der Waals surface area contributed by atoms with Crippen molar-refractivity contribution < 1.29 is 14.3 Å². The van der Waals surface area contributed by atoms with E-state index in [1.165, 1.54) is 4.57 Å². The monoisotopic (exact) mass is 532 g/mol. The van der Waals surface area contributed by atoms with Gasteiger partial charge in [-0.1, -0.05) is 46.5 Å². The van der Waals surface area contributed by atoms with Gasteiger partial charge in [-0.05, 0) is 37.8 Å². The third kappa shape index (κ3) is 7.35. The Labute approximate surface area is 206 Å². The van der Waals surface area contributed by atoms with Crippen LogP contribution in [0.1, 0.15) is 44.6 Å². The Balaban J connectivity index is 2.15. The molecule has 182 valence electrons. The van der Waals surface area contributed by atoms with Gasteiger partial charge in [-0.15, -0.1) is 6.42 Å². The summed E-state index contributed by atoms with van der Waals surface area (Å²) in [5, 5.41) is 2.56. The van der Waals surface area contributed by atoms with E-state index >= 15 is 0 Å². The normalized spacial score (nSPS) is 10.5. The maximum atomic E-state index is 12.8. The maximum absolute atomic E-state index is 12.8. The van der Waals surface area contributed by atoms with Crippen LogP contribution < -0.4 is 22.3 Å². The number of halogens is 1. The van der Waals surface area contributed by atoms with Gasteiger partial charge in [-0.3, -0.25) is 19.0 Å². The van der Waals surface area contributed by atoms with Crippen LogP contribution in [-0.4, -0.2) is 27.6 Å². The largest absolute Gasteiger partial charge is 0.466 e. The van der Waals surface area contributed by atoms with Crippen LogP contribution in [0.4, 0.5) is 11.5 Å². The summed E-state index contributed by atoms with van der Waals surface area (Å²) >= 11 is 3.44. The molecule has 1 heterocycles. The molecule has 0 fully saturated rings. The Kier molecular flexibility index (Phi) is 10.6. The van der Waals surface area contributed by atoms with E-state index in [9.17, 15) is 19.2 Å². The molecule has 34 heavy (non-hydrogen) atoms. The number of nitrogens with one attached hydrogen (secondary N) is 1. The van der Waals surface area contributed by atoms with E-state index in [2.05, 4.69) is 27.2 Å². The van der Waals surface area contributed by atoms with E-state index in [0.29, 0.717) is 32.3 Å². The highest BCUT2D eigenvalue weighted by molar-refractivity contribution is 9.10. The van der Waals surface area contributed by atoms with E-state index < -0.39 is 17.2 Å². The molecule has 0 bridgehead atoms. The Hall–Kier alpha value is -3.32. The van der Waals surface area contributed by atoms with Crippen molar-refractivity contribution in [2.45, 2.75) is 58.5 Å². The molecule has 2 rings (SSSR count). The van der Waals surface area contributed by atoms with E-state index in [1.807, 2.05) is 24.3 Å². The van der Waals surface area contributed by atoms with Crippen molar-refractivity contribution in [2.24, 2.45) is 0 Å². The molecule has 1 aromatic heterocycles. The second-order valence-corrected chi connectivity index (χ2v) is 8.40. The number of hydrogen-bond donors (Lipinski definition) is 2. The summed E-state index contributed by atoms with van der Waals surface area (Å²) < 4.78 is 7.88. The number of aryl methyl sites for hydroxylation is 1.